The van der Waals surface area contributed by atoms with Gasteiger partial charge in [0.05, 0.1) is 0 Å². The third-order valence-electron chi connectivity index (χ3n) is 1.83. The van der Waals surface area contributed by atoms with Crippen molar-refractivity contribution in [3.05, 3.63) is 35.7 Å². The number of rotatable bonds is 3. The third kappa shape index (κ3) is 2.17. The number of H-pyrrole nitrogens is 1. The standard InChI is InChI=1S/C10H9N3O3/c1-6-5-9(13-12-6)16-8-4-2-3-7(11-8)10(14)15/h2-5H,1H3,(H,12,13)(H,14,15). The van der Waals surface area contributed by atoms with E-state index in [1.54, 1.807) is 18.2 Å². The fourth-order valence-corrected chi connectivity index (χ4v) is 1.14. The van der Waals surface area contributed by atoms with Gasteiger partial charge < -0.3 is 9.84 Å². The maximum Gasteiger partial charge on any atom is 0.354 e. The zero-order chi connectivity index (χ0) is 11.5. The second-order valence-corrected chi connectivity index (χ2v) is 3.16. The molecule has 82 valence electrons. The summed E-state index contributed by atoms with van der Waals surface area (Å²) in [7, 11) is 0. The van der Waals surface area contributed by atoms with Crippen LogP contribution in [0.25, 0.3) is 0 Å². The number of nitrogens with zero attached hydrogens (tertiary/aromatic N) is 2. The minimum absolute atomic E-state index is 0.0650. The summed E-state index contributed by atoms with van der Waals surface area (Å²) in [6.45, 7) is 1.83. The Morgan fingerprint density at radius 2 is 2.25 bits per heavy atom. The second kappa shape index (κ2) is 4.01. The summed E-state index contributed by atoms with van der Waals surface area (Å²) in [6, 6.07) is 6.21. The maximum atomic E-state index is 10.7. The molecular formula is C10H9N3O3. The SMILES string of the molecule is Cc1cc(Oc2cccc(C(=O)O)n2)n[nH]1. The Morgan fingerprint density at radius 3 is 2.88 bits per heavy atom. The first-order valence-electron chi connectivity index (χ1n) is 4.55. The zero-order valence-corrected chi connectivity index (χ0v) is 8.47. The summed E-state index contributed by atoms with van der Waals surface area (Å²) in [5.74, 6) is -0.539. The Morgan fingerprint density at radius 1 is 1.44 bits per heavy atom. The molecule has 2 aromatic rings. The van der Waals surface area contributed by atoms with Crippen molar-refractivity contribution in [2.24, 2.45) is 0 Å². The summed E-state index contributed by atoms with van der Waals surface area (Å²) in [5, 5.41) is 15.3. The van der Waals surface area contributed by atoms with E-state index in [4.69, 9.17) is 9.84 Å². The Bertz CT molecular complexity index is 522. The van der Waals surface area contributed by atoms with E-state index in [1.807, 2.05) is 6.92 Å². The molecule has 0 spiro atoms. The number of aryl methyl sites for hydroxylation is 1. The van der Waals surface area contributed by atoms with Gasteiger partial charge in [-0.2, -0.15) is 0 Å². The van der Waals surface area contributed by atoms with Crippen LogP contribution in [0.5, 0.6) is 11.8 Å². The Kier molecular flexibility index (Phi) is 2.55. The first kappa shape index (κ1) is 10.2. The molecule has 16 heavy (non-hydrogen) atoms. The van der Waals surface area contributed by atoms with E-state index < -0.39 is 5.97 Å². The highest BCUT2D eigenvalue weighted by atomic mass is 16.5. The van der Waals surface area contributed by atoms with Crippen LogP contribution in [-0.4, -0.2) is 26.3 Å². The first-order valence-corrected chi connectivity index (χ1v) is 4.55. The minimum Gasteiger partial charge on any atom is -0.477 e. The van der Waals surface area contributed by atoms with Gasteiger partial charge in [-0.05, 0) is 13.0 Å². The summed E-state index contributed by atoms with van der Waals surface area (Å²) in [6.07, 6.45) is 0. The monoisotopic (exact) mass is 219 g/mol. The smallest absolute Gasteiger partial charge is 0.354 e. The number of aromatic nitrogens is 3. The van der Waals surface area contributed by atoms with Gasteiger partial charge in [-0.15, -0.1) is 5.10 Å². The summed E-state index contributed by atoms with van der Waals surface area (Å²) in [4.78, 5) is 14.5. The van der Waals surface area contributed by atoms with Crippen LogP contribution in [0.1, 0.15) is 16.2 Å². The molecule has 6 heteroatoms. The van der Waals surface area contributed by atoms with Gasteiger partial charge in [0.1, 0.15) is 0 Å². The highest BCUT2D eigenvalue weighted by Gasteiger charge is 2.07. The van der Waals surface area contributed by atoms with E-state index in [0.717, 1.165) is 5.69 Å². The van der Waals surface area contributed by atoms with Crippen LogP contribution >= 0.6 is 0 Å². The van der Waals surface area contributed by atoms with Crippen molar-refractivity contribution >= 4 is 5.97 Å². The molecule has 0 fully saturated rings. The van der Waals surface area contributed by atoms with Crippen LogP contribution in [0, 0.1) is 6.92 Å². The number of nitrogens with one attached hydrogen (secondary N) is 1. The van der Waals surface area contributed by atoms with Crippen LogP contribution in [0.4, 0.5) is 0 Å². The van der Waals surface area contributed by atoms with Crippen LogP contribution in [0.15, 0.2) is 24.3 Å². The Labute approximate surface area is 90.9 Å². The van der Waals surface area contributed by atoms with E-state index in [0.29, 0.717) is 5.88 Å². The van der Waals surface area contributed by atoms with Crippen LogP contribution in [-0.2, 0) is 0 Å². The van der Waals surface area contributed by atoms with Gasteiger partial charge >= 0.3 is 5.97 Å². The van der Waals surface area contributed by atoms with Gasteiger partial charge in [-0.25, -0.2) is 9.78 Å². The fraction of sp³-hybridized carbons (Fsp3) is 0.100. The number of pyridine rings is 1. The van der Waals surface area contributed by atoms with E-state index in [9.17, 15) is 4.79 Å². The molecule has 2 aromatic heterocycles. The molecule has 0 bridgehead atoms. The van der Waals surface area contributed by atoms with Crippen molar-refractivity contribution in [3.8, 4) is 11.8 Å². The molecule has 0 saturated heterocycles. The van der Waals surface area contributed by atoms with Gasteiger partial charge in [0.2, 0.25) is 11.8 Å². The lowest BCUT2D eigenvalue weighted by Gasteiger charge is -2.00. The summed E-state index contributed by atoms with van der Waals surface area (Å²) < 4.78 is 5.27. The van der Waals surface area contributed by atoms with Crippen molar-refractivity contribution in [2.45, 2.75) is 6.92 Å². The number of hydrogen-bond donors (Lipinski definition) is 2. The van der Waals surface area contributed by atoms with Crippen molar-refractivity contribution in [1.82, 2.24) is 15.2 Å². The molecule has 6 nitrogen and oxygen atoms in total. The Hall–Kier alpha value is -2.37. The molecule has 0 aromatic carbocycles. The molecule has 0 unspecified atom stereocenters. The molecule has 0 radical (unpaired) electrons. The number of hydrogen-bond acceptors (Lipinski definition) is 4. The van der Waals surface area contributed by atoms with Gasteiger partial charge in [-0.3, -0.25) is 5.10 Å². The summed E-state index contributed by atoms with van der Waals surface area (Å²) >= 11 is 0. The zero-order valence-electron chi connectivity index (χ0n) is 8.47. The van der Waals surface area contributed by atoms with Crippen LogP contribution in [0.3, 0.4) is 0 Å². The molecule has 0 atom stereocenters. The molecule has 0 aliphatic heterocycles. The highest BCUT2D eigenvalue weighted by molar-refractivity contribution is 5.85. The first-order chi connectivity index (χ1) is 7.65. The largest absolute Gasteiger partial charge is 0.477 e. The number of carboxylic acid groups (broad SMARTS) is 1. The Balaban J connectivity index is 2.21. The van der Waals surface area contributed by atoms with Gasteiger partial charge in [0, 0.05) is 17.8 Å². The predicted molar refractivity (Wildman–Crippen MR) is 54.6 cm³/mol. The van der Waals surface area contributed by atoms with Gasteiger partial charge in [0.15, 0.2) is 5.69 Å². The molecular weight excluding hydrogens is 210 g/mol. The van der Waals surface area contributed by atoms with Crippen LogP contribution in [0.2, 0.25) is 0 Å². The number of carboxylic acids is 1. The lowest BCUT2D eigenvalue weighted by molar-refractivity contribution is 0.0689. The lowest BCUT2D eigenvalue weighted by atomic mass is 10.3. The highest BCUT2D eigenvalue weighted by Crippen LogP contribution is 2.17. The maximum absolute atomic E-state index is 10.7. The molecule has 0 saturated carbocycles. The number of ether oxygens (including phenoxy) is 1. The third-order valence-corrected chi connectivity index (χ3v) is 1.83. The van der Waals surface area contributed by atoms with Crippen molar-refractivity contribution < 1.29 is 14.6 Å². The van der Waals surface area contributed by atoms with E-state index >= 15 is 0 Å². The molecule has 0 aliphatic rings. The van der Waals surface area contributed by atoms with Gasteiger partial charge in [0.25, 0.3) is 0 Å². The predicted octanol–water partition coefficient (Wildman–Crippen LogP) is 1.60. The topological polar surface area (TPSA) is 88.1 Å². The van der Waals surface area contributed by atoms with Crippen LogP contribution < -0.4 is 4.74 Å². The number of carbonyl (C=O) groups is 1. The number of aromatic amines is 1. The number of aromatic carboxylic acids is 1. The normalized spacial score (nSPS) is 10.1. The average molecular weight is 219 g/mol. The quantitative estimate of drug-likeness (QED) is 0.818. The summed E-state index contributed by atoms with van der Waals surface area (Å²) in [5.41, 5.74) is 0.786. The van der Waals surface area contributed by atoms with Crippen molar-refractivity contribution in [1.29, 1.82) is 0 Å². The molecule has 2 N–H and O–H groups in total. The van der Waals surface area contributed by atoms with Gasteiger partial charge in [-0.1, -0.05) is 6.07 Å². The molecule has 0 aliphatic carbocycles. The van der Waals surface area contributed by atoms with Crippen molar-refractivity contribution in [3.63, 3.8) is 0 Å². The molecule has 2 rings (SSSR count). The molecule has 2 heterocycles. The second-order valence-electron chi connectivity index (χ2n) is 3.16. The fourth-order valence-electron chi connectivity index (χ4n) is 1.14. The minimum atomic E-state index is -1.09. The molecule has 0 amide bonds. The van der Waals surface area contributed by atoms with E-state index in [1.165, 1.54) is 6.07 Å². The van der Waals surface area contributed by atoms with E-state index in [-0.39, 0.29) is 11.6 Å². The van der Waals surface area contributed by atoms with Crippen molar-refractivity contribution in [2.75, 3.05) is 0 Å². The average Bonchev–Trinajstić information content (AvgIpc) is 2.64. The lowest BCUT2D eigenvalue weighted by Crippen LogP contribution is -2.00. The van der Waals surface area contributed by atoms with E-state index in [2.05, 4.69) is 15.2 Å².